The number of benzene rings is 1. The molecular formula is C11H8F3N2O2-. The lowest BCUT2D eigenvalue weighted by atomic mass is 10.2. The second-order valence-corrected chi connectivity index (χ2v) is 3.79. The van der Waals surface area contributed by atoms with E-state index in [9.17, 15) is 23.1 Å². The molecule has 0 saturated heterocycles. The Kier molecular flexibility index (Phi) is 2.76. The predicted octanol–water partition coefficient (Wildman–Crippen LogP) is 1.37. The van der Waals surface area contributed by atoms with Gasteiger partial charge in [-0.3, -0.25) is 0 Å². The van der Waals surface area contributed by atoms with Crippen LogP contribution in [0.25, 0.3) is 11.0 Å². The van der Waals surface area contributed by atoms with Crippen molar-refractivity contribution in [2.75, 3.05) is 0 Å². The number of carbonyl (C=O) groups is 1. The van der Waals surface area contributed by atoms with Gasteiger partial charge >= 0.3 is 6.18 Å². The Labute approximate surface area is 99.7 Å². The molecule has 0 aliphatic heterocycles. The van der Waals surface area contributed by atoms with Gasteiger partial charge in [-0.2, -0.15) is 13.2 Å². The van der Waals surface area contributed by atoms with Crippen LogP contribution in [0.15, 0.2) is 24.3 Å². The number of alkyl halides is 3. The average Bonchev–Trinajstić information content (AvgIpc) is 2.66. The molecule has 0 fully saturated rings. The zero-order chi connectivity index (χ0) is 13.5. The van der Waals surface area contributed by atoms with E-state index in [1.54, 1.807) is 0 Å². The normalized spacial score (nSPS) is 13.8. The van der Waals surface area contributed by atoms with Crippen molar-refractivity contribution < 1.29 is 23.1 Å². The van der Waals surface area contributed by atoms with Gasteiger partial charge in [-0.25, -0.2) is 4.98 Å². The van der Waals surface area contributed by atoms with Crippen molar-refractivity contribution in [3.05, 3.63) is 30.1 Å². The van der Waals surface area contributed by atoms with Crippen LogP contribution in [-0.4, -0.2) is 15.5 Å². The van der Waals surface area contributed by atoms with Crippen molar-refractivity contribution in [1.29, 1.82) is 0 Å². The SMILES string of the molecule is C[C@@H](C(=O)[O-])n1c(C(F)(F)F)nc2ccccc21. The first-order valence-electron chi connectivity index (χ1n) is 5.07. The average molecular weight is 257 g/mol. The maximum atomic E-state index is 12.8. The largest absolute Gasteiger partial charge is 0.548 e. The first-order chi connectivity index (χ1) is 8.32. The maximum Gasteiger partial charge on any atom is 0.449 e. The molecule has 0 aliphatic rings. The number of imidazole rings is 1. The van der Waals surface area contributed by atoms with E-state index in [0.29, 0.717) is 4.57 Å². The number of aromatic nitrogens is 2. The number of carbonyl (C=O) groups excluding carboxylic acids is 1. The van der Waals surface area contributed by atoms with Crippen LogP contribution >= 0.6 is 0 Å². The number of hydrogen-bond donors (Lipinski definition) is 0. The van der Waals surface area contributed by atoms with Crippen molar-refractivity contribution in [1.82, 2.24) is 9.55 Å². The Bertz CT molecular complexity index is 604. The van der Waals surface area contributed by atoms with Gasteiger partial charge < -0.3 is 14.5 Å². The van der Waals surface area contributed by atoms with Crippen LogP contribution in [0.4, 0.5) is 13.2 Å². The van der Waals surface area contributed by atoms with Gasteiger partial charge in [0.25, 0.3) is 0 Å². The molecule has 0 N–H and O–H groups in total. The van der Waals surface area contributed by atoms with Gasteiger partial charge in [0.15, 0.2) is 0 Å². The molecule has 1 aromatic heterocycles. The summed E-state index contributed by atoms with van der Waals surface area (Å²) in [7, 11) is 0. The van der Waals surface area contributed by atoms with Crippen LogP contribution in [0.3, 0.4) is 0 Å². The lowest BCUT2D eigenvalue weighted by molar-refractivity contribution is -0.309. The molecule has 1 atom stereocenters. The molecule has 1 heterocycles. The van der Waals surface area contributed by atoms with Gasteiger partial charge in [-0.15, -0.1) is 0 Å². The molecule has 4 nitrogen and oxygen atoms in total. The number of aliphatic carboxylic acids is 1. The van der Waals surface area contributed by atoms with Crippen LogP contribution in [0.5, 0.6) is 0 Å². The van der Waals surface area contributed by atoms with Crippen LogP contribution < -0.4 is 5.11 Å². The molecule has 0 unspecified atom stereocenters. The molecule has 0 bridgehead atoms. The van der Waals surface area contributed by atoms with Gasteiger partial charge in [-0.1, -0.05) is 12.1 Å². The molecular weight excluding hydrogens is 249 g/mol. The molecule has 0 amide bonds. The Morgan fingerprint density at radius 3 is 2.56 bits per heavy atom. The molecule has 96 valence electrons. The van der Waals surface area contributed by atoms with Crippen molar-refractivity contribution in [2.24, 2.45) is 0 Å². The minimum Gasteiger partial charge on any atom is -0.548 e. The Morgan fingerprint density at radius 2 is 2.00 bits per heavy atom. The van der Waals surface area contributed by atoms with E-state index in [0.717, 1.165) is 6.92 Å². The van der Waals surface area contributed by atoms with Crippen molar-refractivity contribution >= 4 is 17.0 Å². The number of halogens is 3. The smallest absolute Gasteiger partial charge is 0.449 e. The molecule has 7 heteroatoms. The van der Waals surface area contributed by atoms with E-state index < -0.39 is 24.0 Å². The maximum absolute atomic E-state index is 12.8. The lowest BCUT2D eigenvalue weighted by Crippen LogP contribution is -2.33. The van der Waals surface area contributed by atoms with Gasteiger partial charge in [0, 0.05) is 0 Å². The van der Waals surface area contributed by atoms with E-state index in [1.165, 1.54) is 24.3 Å². The zero-order valence-corrected chi connectivity index (χ0v) is 9.23. The summed E-state index contributed by atoms with van der Waals surface area (Å²) in [5, 5.41) is 10.8. The molecule has 0 saturated carbocycles. The number of fused-ring (bicyclic) bond motifs is 1. The summed E-state index contributed by atoms with van der Waals surface area (Å²) in [6, 6.07) is 4.38. The third-order valence-electron chi connectivity index (χ3n) is 2.58. The van der Waals surface area contributed by atoms with Gasteiger partial charge in [0.1, 0.15) is 0 Å². The van der Waals surface area contributed by atoms with Gasteiger partial charge in [0.2, 0.25) is 5.82 Å². The van der Waals surface area contributed by atoms with E-state index in [1.807, 2.05) is 0 Å². The quantitative estimate of drug-likeness (QED) is 0.816. The van der Waals surface area contributed by atoms with Crippen molar-refractivity contribution in [2.45, 2.75) is 19.1 Å². The van der Waals surface area contributed by atoms with Crippen LogP contribution in [0, 0.1) is 0 Å². The minimum absolute atomic E-state index is 0.0953. The Morgan fingerprint density at radius 1 is 1.39 bits per heavy atom. The fraction of sp³-hybridized carbons (Fsp3) is 0.273. The number of nitrogens with zero attached hydrogens (tertiary/aromatic N) is 2. The van der Waals surface area contributed by atoms with Gasteiger partial charge in [-0.05, 0) is 19.1 Å². The number of carboxylic acids is 1. The number of rotatable bonds is 2. The summed E-state index contributed by atoms with van der Waals surface area (Å²) < 4.78 is 39.1. The van der Waals surface area contributed by atoms with Crippen LogP contribution in [0.1, 0.15) is 18.8 Å². The highest BCUT2D eigenvalue weighted by atomic mass is 19.4. The molecule has 18 heavy (non-hydrogen) atoms. The molecule has 1 aromatic carbocycles. The summed E-state index contributed by atoms with van der Waals surface area (Å²) in [5.41, 5.74) is 0.208. The molecule has 0 aliphatic carbocycles. The summed E-state index contributed by atoms with van der Waals surface area (Å²) in [6.07, 6.45) is -4.72. The van der Waals surface area contributed by atoms with E-state index in [4.69, 9.17) is 0 Å². The summed E-state index contributed by atoms with van der Waals surface area (Å²) in [4.78, 5) is 14.2. The highest BCUT2D eigenvalue weighted by Gasteiger charge is 2.38. The summed E-state index contributed by atoms with van der Waals surface area (Å²) >= 11 is 0. The lowest BCUT2D eigenvalue weighted by Gasteiger charge is -2.19. The van der Waals surface area contributed by atoms with Crippen LogP contribution in [-0.2, 0) is 11.0 Å². The van der Waals surface area contributed by atoms with E-state index >= 15 is 0 Å². The molecule has 0 spiro atoms. The second-order valence-electron chi connectivity index (χ2n) is 3.79. The second kappa shape index (κ2) is 4.01. The number of para-hydroxylation sites is 2. The fourth-order valence-corrected chi connectivity index (χ4v) is 1.74. The first kappa shape index (κ1) is 12.4. The summed E-state index contributed by atoms with van der Waals surface area (Å²) in [6.45, 7) is 1.12. The zero-order valence-electron chi connectivity index (χ0n) is 9.23. The highest BCUT2D eigenvalue weighted by Crippen LogP contribution is 2.33. The van der Waals surface area contributed by atoms with E-state index in [-0.39, 0.29) is 11.0 Å². The molecule has 2 aromatic rings. The number of hydrogen-bond acceptors (Lipinski definition) is 3. The molecule has 2 rings (SSSR count). The third-order valence-corrected chi connectivity index (χ3v) is 2.58. The minimum atomic E-state index is -4.72. The Hall–Kier alpha value is -2.05. The summed E-state index contributed by atoms with van der Waals surface area (Å²) in [5.74, 6) is -2.83. The monoisotopic (exact) mass is 257 g/mol. The topological polar surface area (TPSA) is 57.9 Å². The van der Waals surface area contributed by atoms with Gasteiger partial charge in [0.05, 0.1) is 23.0 Å². The standard InChI is InChI=1S/C11H9F3N2O2/c1-6(9(17)18)16-8-5-3-2-4-7(8)15-10(16)11(12,13)14/h2-6H,1H3,(H,17,18)/p-1/t6-/m0/s1. The van der Waals surface area contributed by atoms with E-state index in [2.05, 4.69) is 4.98 Å². The van der Waals surface area contributed by atoms with Crippen molar-refractivity contribution in [3.63, 3.8) is 0 Å². The number of carboxylic acid groups (broad SMARTS) is 1. The fourth-order valence-electron chi connectivity index (χ4n) is 1.74. The Balaban J connectivity index is 2.77. The van der Waals surface area contributed by atoms with Crippen molar-refractivity contribution in [3.8, 4) is 0 Å². The molecule has 0 radical (unpaired) electrons. The van der Waals surface area contributed by atoms with Crippen LogP contribution in [0.2, 0.25) is 0 Å². The third kappa shape index (κ3) is 1.92. The predicted molar refractivity (Wildman–Crippen MR) is 54.5 cm³/mol. The first-order valence-corrected chi connectivity index (χ1v) is 5.07. The highest BCUT2D eigenvalue weighted by molar-refractivity contribution is 5.79.